The second kappa shape index (κ2) is 8.53. The molecule has 0 aliphatic carbocycles. The highest BCUT2D eigenvalue weighted by Crippen LogP contribution is 2.28. The minimum Gasteiger partial charge on any atom is -0.282 e. The van der Waals surface area contributed by atoms with E-state index in [1.54, 1.807) is 36.8 Å². The number of pyridine rings is 1. The summed E-state index contributed by atoms with van der Waals surface area (Å²) in [5.41, 5.74) is 2.05. The first-order chi connectivity index (χ1) is 13.9. The van der Waals surface area contributed by atoms with E-state index < -0.39 is 10.0 Å². The summed E-state index contributed by atoms with van der Waals surface area (Å²) < 4.78 is 30.1. The zero-order valence-corrected chi connectivity index (χ0v) is 18.6. The van der Waals surface area contributed by atoms with Gasteiger partial charge in [0.25, 0.3) is 0 Å². The summed E-state index contributed by atoms with van der Waals surface area (Å²) in [7, 11) is -3.62. The van der Waals surface area contributed by atoms with E-state index in [4.69, 9.17) is 11.6 Å². The molecule has 0 bridgehead atoms. The Morgan fingerprint density at radius 1 is 1.00 bits per heavy atom. The molecule has 1 aromatic carbocycles. The van der Waals surface area contributed by atoms with Crippen LogP contribution in [0.25, 0.3) is 11.3 Å². The van der Waals surface area contributed by atoms with Gasteiger partial charge in [0, 0.05) is 54.8 Å². The van der Waals surface area contributed by atoms with Crippen molar-refractivity contribution in [3.63, 3.8) is 0 Å². The highest BCUT2D eigenvalue weighted by molar-refractivity contribution is 9.10. The van der Waals surface area contributed by atoms with Crippen LogP contribution in [-0.2, 0) is 16.7 Å². The third kappa shape index (κ3) is 4.39. The largest absolute Gasteiger partial charge is 0.282 e. The van der Waals surface area contributed by atoms with Gasteiger partial charge in [-0.05, 0) is 36.4 Å². The highest BCUT2D eigenvalue weighted by Gasteiger charge is 2.30. The molecule has 10 heteroatoms. The first-order valence-electron chi connectivity index (χ1n) is 9.05. The summed E-state index contributed by atoms with van der Waals surface area (Å²) in [6.45, 7) is 2.63. The van der Waals surface area contributed by atoms with Crippen molar-refractivity contribution in [3.05, 3.63) is 64.5 Å². The lowest BCUT2D eigenvalue weighted by Gasteiger charge is -2.34. The fourth-order valence-electron chi connectivity index (χ4n) is 3.34. The quantitative estimate of drug-likeness (QED) is 0.542. The molecule has 152 valence electrons. The van der Waals surface area contributed by atoms with Crippen molar-refractivity contribution in [1.82, 2.24) is 24.0 Å². The molecule has 1 fully saturated rings. The maximum absolute atomic E-state index is 13.0. The first-order valence-corrected chi connectivity index (χ1v) is 11.7. The Balaban J connectivity index is 1.44. The van der Waals surface area contributed by atoms with E-state index in [-0.39, 0.29) is 9.92 Å². The Bertz CT molecular complexity index is 1100. The molecular weight excluding hydrogens is 478 g/mol. The van der Waals surface area contributed by atoms with E-state index in [0.29, 0.717) is 32.8 Å². The predicted octanol–water partition coefficient (Wildman–Crippen LogP) is 3.33. The monoisotopic (exact) mass is 495 g/mol. The number of hydrogen-bond donors (Lipinski definition) is 0. The fraction of sp³-hybridized carbons (Fsp3) is 0.263. The smallest absolute Gasteiger partial charge is 0.244 e. The average Bonchev–Trinajstić information content (AvgIpc) is 3.17. The van der Waals surface area contributed by atoms with Crippen LogP contribution in [0, 0.1) is 0 Å². The Morgan fingerprint density at radius 3 is 2.41 bits per heavy atom. The zero-order valence-electron chi connectivity index (χ0n) is 15.4. The number of hydrogen-bond acceptors (Lipinski definition) is 5. The van der Waals surface area contributed by atoms with Crippen LogP contribution in [-0.4, -0.2) is 58.6 Å². The molecule has 0 amide bonds. The second-order valence-electron chi connectivity index (χ2n) is 6.69. The number of aromatic nitrogens is 3. The first kappa shape index (κ1) is 20.5. The Kier molecular flexibility index (Phi) is 6.03. The van der Waals surface area contributed by atoms with E-state index in [1.165, 1.54) is 4.31 Å². The van der Waals surface area contributed by atoms with Gasteiger partial charge in [0.15, 0.2) is 0 Å². The summed E-state index contributed by atoms with van der Waals surface area (Å²) in [6, 6.07) is 10.7. The van der Waals surface area contributed by atoms with Gasteiger partial charge in [-0.15, -0.1) is 0 Å². The lowest BCUT2D eigenvalue weighted by molar-refractivity contribution is 0.146. The number of sulfonamides is 1. The number of nitrogens with zero attached hydrogens (tertiary/aromatic N) is 5. The maximum Gasteiger partial charge on any atom is 0.244 e. The van der Waals surface area contributed by atoms with Gasteiger partial charge in [0.2, 0.25) is 10.0 Å². The molecule has 0 N–H and O–H groups in total. The molecule has 0 atom stereocenters. The molecule has 0 radical (unpaired) electrons. The van der Waals surface area contributed by atoms with Gasteiger partial charge in [-0.25, -0.2) is 8.42 Å². The third-order valence-corrected chi connectivity index (χ3v) is 7.74. The molecule has 2 aromatic heterocycles. The zero-order chi connectivity index (χ0) is 20.4. The molecule has 0 spiro atoms. The Morgan fingerprint density at radius 2 is 1.72 bits per heavy atom. The Labute approximate surface area is 183 Å². The van der Waals surface area contributed by atoms with Crippen molar-refractivity contribution in [3.8, 4) is 11.3 Å². The molecule has 4 rings (SSSR count). The summed E-state index contributed by atoms with van der Waals surface area (Å²) >= 11 is 9.48. The molecule has 7 nitrogen and oxygen atoms in total. The van der Waals surface area contributed by atoms with Crippen molar-refractivity contribution in [2.45, 2.75) is 11.6 Å². The molecule has 3 heterocycles. The molecule has 29 heavy (non-hydrogen) atoms. The van der Waals surface area contributed by atoms with Gasteiger partial charge in [0.05, 0.1) is 17.4 Å². The van der Waals surface area contributed by atoms with E-state index in [0.717, 1.165) is 15.7 Å². The summed E-state index contributed by atoms with van der Waals surface area (Å²) in [6.07, 6.45) is 5.28. The van der Waals surface area contributed by atoms with E-state index in [9.17, 15) is 8.42 Å². The van der Waals surface area contributed by atoms with Crippen LogP contribution in [0.5, 0.6) is 0 Å². The van der Waals surface area contributed by atoms with Crippen molar-refractivity contribution in [2.75, 3.05) is 26.2 Å². The van der Waals surface area contributed by atoms with E-state index in [2.05, 4.69) is 30.9 Å². The molecule has 1 aliphatic rings. The molecule has 0 unspecified atom stereocenters. The summed E-state index contributed by atoms with van der Waals surface area (Å²) in [4.78, 5) is 6.38. The van der Waals surface area contributed by atoms with Crippen LogP contribution in [0.15, 0.2) is 64.4 Å². The van der Waals surface area contributed by atoms with Crippen LogP contribution >= 0.6 is 27.5 Å². The molecule has 1 saturated heterocycles. The van der Waals surface area contributed by atoms with Crippen molar-refractivity contribution < 1.29 is 8.42 Å². The van der Waals surface area contributed by atoms with Crippen molar-refractivity contribution in [2.24, 2.45) is 0 Å². The van der Waals surface area contributed by atoms with Gasteiger partial charge in [0.1, 0.15) is 4.90 Å². The number of rotatable bonds is 5. The number of benzene rings is 1. The highest BCUT2D eigenvalue weighted by atomic mass is 79.9. The minimum absolute atomic E-state index is 0.142. The Hall–Kier alpha value is -1.78. The lowest BCUT2D eigenvalue weighted by atomic mass is 10.2. The summed E-state index contributed by atoms with van der Waals surface area (Å²) in [5.74, 6) is 0. The fourth-order valence-corrected chi connectivity index (χ4v) is 5.77. The number of halogens is 2. The van der Waals surface area contributed by atoms with E-state index in [1.807, 2.05) is 22.9 Å². The van der Waals surface area contributed by atoms with Gasteiger partial charge >= 0.3 is 0 Å². The topological polar surface area (TPSA) is 71.3 Å². The standard InChI is InChI=1S/C19H19BrClN5O2S/c20-16-1-2-19(17(21)13-16)29(27,28)25-11-9-24(10-12-25)14-26-18(5-8-23-26)15-3-6-22-7-4-15/h1-8,13H,9-12,14H2. The number of piperazine rings is 1. The molecule has 1 aliphatic heterocycles. The van der Waals surface area contributed by atoms with Crippen LogP contribution in [0.4, 0.5) is 0 Å². The second-order valence-corrected chi connectivity index (χ2v) is 9.92. The third-order valence-electron chi connectivity index (χ3n) is 4.87. The van der Waals surface area contributed by atoms with Crippen molar-refractivity contribution >= 4 is 37.6 Å². The van der Waals surface area contributed by atoms with Crippen LogP contribution in [0.2, 0.25) is 5.02 Å². The van der Waals surface area contributed by atoms with Crippen LogP contribution in [0.3, 0.4) is 0 Å². The molecule has 0 saturated carbocycles. The van der Waals surface area contributed by atoms with Gasteiger partial charge in [-0.1, -0.05) is 27.5 Å². The lowest BCUT2D eigenvalue weighted by Crippen LogP contribution is -2.49. The van der Waals surface area contributed by atoms with Crippen LogP contribution < -0.4 is 0 Å². The SMILES string of the molecule is O=S(=O)(c1ccc(Br)cc1Cl)N1CCN(Cn2nccc2-c2ccncc2)CC1. The predicted molar refractivity (Wildman–Crippen MR) is 115 cm³/mol. The van der Waals surface area contributed by atoms with Gasteiger partial charge in [-0.3, -0.25) is 14.6 Å². The molecular formula is C19H19BrClN5O2S. The van der Waals surface area contributed by atoms with Gasteiger partial charge in [-0.2, -0.15) is 9.40 Å². The minimum atomic E-state index is -3.62. The normalized spacial score (nSPS) is 16.2. The van der Waals surface area contributed by atoms with Gasteiger partial charge < -0.3 is 0 Å². The average molecular weight is 497 g/mol. The van der Waals surface area contributed by atoms with Crippen LogP contribution in [0.1, 0.15) is 0 Å². The van der Waals surface area contributed by atoms with Crippen molar-refractivity contribution in [1.29, 1.82) is 0 Å². The maximum atomic E-state index is 13.0. The summed E-state index contributed by atoms with van der Waals surface area (Å²) in [5, 5.41) is 4.65. The molecule has 3 aromatic rings. The van der Waals surface area contributed by atoms with E-state index >= 15 is 0 Å².